The van der Waals surface area contributed by atoms with Crippen molar-refractivity contribution < 1.29 is 9.90 Å². The van der Waals surface area contributed by atoms with Crippen LogP contribution >= 0.6 is 27.3 Å². The van der Waals surface area contributed by atoms with Gasteiger partial charge in [0, 0.05) is 12.1 Å². The Hall–Kier alpha value is -0.390. The summed E-state index contributed by atoms with van der Waals surface area (Å²) in [5, 5.41) is 9.64. The molecule has 1 saturated heterocycles. The van der Waals surface area contributed by atoms with Gasteiger partial charge in [-0.15, -0.1) is 11.3 Å². The lowest BCUT2D eigenvalue weighted by atomic mass is 10.0. The predicted molar refractivity (Wildman–Crippen MR) is 67.8 cm³/mol. The summed E-state index contributed by atoms with van der Waals surface area (Å²) in [6, 6.07) is 3.69. The van der Waals surface area contributed by atoms with Gasteiger partial charge >= 0.3 is 0 Å². The molecule has 5 heteroatoms. The van der Waals surface area contributed by atoms with Crippen LogP contribution in [0.2, 0.25) is 0 Å². The Morgan fingerprint density at radius 3 is 2.75 bits per heavy atom. The highest BCUT2D eigenvalue weighted by atomic mass is 79.9. The van der Waals surface area contributed by atoms with Gasteiger partial charge in [-0.2, -0.15) is 0 Å². The molecule has 1 aliphatic heterocycles. The van der Waals surface area contributed by atoms with Gasteiger partial charge in [-0.25, -0.2) is 0 Å². The Labute approximate surface area is 107 Å². The Morgan fingerprint density at radius 1 is 1.62 bits per heavy atom. The topological polar surface area (TPSA) is 40.5 Å². The van der Waals surface area contributed by atoms with E-state index >= 15 is 0 Å². The first-order valence-electron chi connectivity index (χ1n) is 5.15. The van der Waals surface area contributed by atoms with Crippen LogP contribution in [0.1, 0.15) is 29.9 Å². The van der Waals surface area contributed by atoms with E-state index in [9.17, 15) is 9.90 Å². The van der Waals surface area contributed by atoms with E-state index in [1.807, 2.05) is 26.0 Å². The molecule has 0 aliphatic carbocycles. The molecule has 2 rings (SSSR count). The van der Waals surface area contributed by atoms with Gasteiger partial charge in [0.1, 0.15) is 0 Å². The Bertz CT molecular complexity index is 416. The fourth-order valence-electron chi connectivity index (χ4n) is 2.13. The molecular formula is C11H14BrNO2S. The predicted octanol–water partition coefficient (Wildman–Crippen LogP) is 2.50. The number of hydrogen-bond donors (Lipinski definition) is 1. The lowest BCUT2D eigenvalue weighted by molar-refractivity contribution is 0.0646. The van der Waals surface area contributed by atoms with E-state index in [1.54, 1.807) is 4.90 Å². The van der Waals surface area contributed by atoms with E-state index in [4.69, 9.17) is 0 Å². The van der Waals surface area contributed by atoms with Crippen LogP contribution in [0.25, 0.3) is 0 Å². The van der Waals surface area contributed by atoms with Crippen molar-refractivity contribution in [3.8, 4) is 0 Å². The van der Waals surface area contributed by atoms with Gasteiger partial charge < -0.3 is 10.0 Å². The molecule has 88 valence electrons. The Morgan fingerprint density at radius 2 is 2.31 bits per heavy atom. The molecule has 1 atom stereocenters. The summed E-state index contributed by atoms with van der Waals surface area (Å²) in [7, 11) is 0. The minimum Gasteiger partial charge on any atom is -0.391 e. The monoisotopic (exact) mass is 303 g/mol. The molecule has 1 fully saturated rings. The van der Waals surface area contributed by atoms with Crippen molar-refractivity contribution in [2.75, 3.05) is 6.54 Å². The molecule has 0 spiro atoms. The van der Waals surface area contributed by atoms with Crippen LogP contribution in [-0.4, -0.2) is 34.1 Å². The number of aliphatic hydroxyl groups is 1. The average molecular weight is 304 g/mol. The van der Waals surface area contributed by atoms with Gasteiger partial charge in [0.15, 0.2) is 0 Å². The summed E-state index contributed by atoms with van der Waals surface area (Å²) < 4.78 is 0.952. The second-order valence-electron chi connectivity index (χ2n) is 4.69. The first kappa shape index (κ1) is 12.1. The Kier molecular flexibility index (Phi) is 3.11. The maximum Gasteiger partial charge on any atom is 0.264 e. The smallest absolute Gasteiger partial charge is 0.264 e. The van der Waals surface area contributed by atoms with Crippen LogP contribution in [-0.2, 0) is 0 Å². The number of rotatable bonds is 1. The van der Waals surface area contributed by atoms with Crippen molar-refractivity contribution in [2.24, 2.45) is 0 Å². The van der Waals surface area contributed by atoms with Gasteiger partial charge in [0.05, 0.1) is 14.8 Å². The number of halogens is 1. The zero-order valence-corrected chi connectivity index (χ0v) is 11.6. The lowest BCUT2D eigenvalue weighted by Crippen LogP contribution is -2.42. The molecule has 1 unspecified atom stereocenters. The minimum atomic E-state index is -0.401. The largest absolute Gasteiger partial charge is 0.391 e. The third-order valence-electron chi connectivity index (χ3n) is 2.89. The van der Waals surface area contributed by atoms with Crippen molar-refractivity contribution in [1.29, 1.82) is 0 Å². The summed E-state index contributed by atoms with van der Waals surface area (Å²) >= 11 is 4.78. The second kappa shape index (κ2) is 4.13. The third-order valence-corrected chi connectivity index (χ3v) is 4.50. The number of thiophene rings is 1. The number of likely N-dealkylation sites (tertiary alicyclic amines) is 1. The van der Waals surface area contributed by atoms with Crippen molar-refractivity contribution in [3.63, 3.8) is 0 Å². The molecule has 1 aromatic rings. The van der Waals surface area contributed by atoms with Crippen molar-refractivity contribution in [1.82, 2.24) is 4.90 Å². The zero-order valence-electron chi connectivity index (χ0n) is 9.24. The summed E-state index contributed by atoms with van der Waals surface area (Å²) in [6.07, 6.45) is 0.244. The van der Waals surface area contributed by atoms with Gasteiger partial charge in [-0.05, 0) is 48.3 Å². The molecule has 0 bridgehead atoms. The molecular weight excluding hydrogens is 290 g/mol. The van der Waals surface area contributed by atoms with E-state index in [0.717, 1.165) is 3.79 Å². The van der Waals surface area contributed by atoms with E-state index in [0.29, 0.717) is 17.8 Å². The highest BCUT2D eigenvalue weighted by Crippen LogP contribution is 2.32. The standard InChI is InChI=1S/C11H14BrNO2S/c1-11(2)5-7(14)6-13(11)10(15)8-3-4-9(12)16-8/h3-4,7,14H,5-6H2,1-2H3. The normalized spacial score (nSPS) is 23.8. The molecule has 3 nitrogen and oxygen atoms in total. The third kappa shape index (κ3) is 2.17. The molecule has 1 aromatic heterocycles. The van der Waals surface area contributed by atoms with Gasteiger partial charge in [0.2, 0.25) is 0 Å². The van der Waals surface area contributed by atoms with Gasteiger partial charge in [0.25, 0.3) is 5.91 Å². The fourth-order valence-corrected chi connectivity index (χ4v) is 3.46. The molecule has 1 N–H and O–H groups in total. The molecule has 1 amide bonds. The summed E-state index contributed by atoms with van der Waals surface area (Å²) in [6.45, 7) is 4.41. The molecule has 2 heterocycles. The number of amides is 1. The van der Waals surface area contributed by atoms with Crippen LogP contribution in [0, 0.1) is 0 Å². The van der Waals surface area contributed by atoms with Crippen LogP contribution in [0.4, 0.5) is 0 Å². The zero-order chi connectivity index (χ0) is 11.9. The highest BCUT2D eigenvalue weighted by Gasteiger charge is 2.40. The maximum absolute atomic E-state index is 12.2. The van der Waals surface area contributed by atoms with E-state index < -0.39 is 6.10 Å². The molecule has 0 saturated carbocycles. The quantitative estimate of drug-likeness (QED) is 0.866. The molecule has 1 aliphatic rings. The van der Waals surface area contributed by atoms with Crippen LogP contribution in [0.5, 0.6) is 0 Å². The van der Waals surface area contributed by atoms with Crippen LogP contribution < -0.4 is 0 Å². The molecule has 0 radical (unpaired) electrons. The van der Waals surface area contributed by atoms with E-state index in [-0.39, 0.29) is 11.4 Å². The first-order valence-corrected chi connectivity index (χ1v) is 6.76. The molecule has 16 heavy (non-hydrogen) atoms. The summed E-state index contributed by atoms with van der Waals surface area (Å²) in [5.74, 6) is 0.0113. The van der Waals surface area contributed by atoms with E-state index in [1.165, 1.54) is 11.3 Å². The first-order chi connectivity index (χ1) is 7.40. The highest BCUT2D eigenvalue weighted by molar-refractivity contribution is 9.11. The van der Waals surface area contributed by atoms with E-state index in [2.05, 4.69) is 15.9 Å². The van der Waals surface area contributed by atoms with Gasteiger partial charge in [-0.1, -0.05) is 0 Å². The lowest BCUT2D eigenvalue weighted by Gasteiger charge is -2.30. The number of nitrogens with zero attached hydrogens (tertiary/aromatic N) is 1. The molecule has 0 aromatic carbocycles. The van der Waals surface area contributed by atoms with Crippen LogP contribution in [0.15, 0.2) is 15.9 Å². The van der Waals surface area contributed by atoms with Crippen molar-refractivity contribution in [2.45, 2.75) is 31.9 Å². The number of aliphatic hydroxyl groups excluding tert-OH is 1. The van der Waals surface area contributed by atoms with Crippen molar-refractivity contribution in [3.05, 3.63) is 20.8 Å². The summed E-state index contributed by atoms with van der Waals surface area (Å²) in [4.78, 5) is 14.7. The van der Waals surface area contributed by atoms with Gasteiger partial charge in [-0.3, -0.25) is 4.79 Å². The average Bonchev–Trinajstić information content (AvgIpc) is 2.69. The van der Waals surface area contributed by atoms with Crippen molar-refractivity contribution >= 4 is 33.2 Å². The Balaban J connectivity index is 2.22. The number of carbonyl (C=O) groups is 1. The minimum absolute atomic E-state index is 0.0113. The SMILES string of the molecule is CC1(C)CC(O)CN1C(=O)c1ccc(Br)s1. The summed E-state index contributed by atoms with van der Waals surface area (Å²) in [5.41, 5.74) is -0.257. The fraction of sp³-hybridized carbons (Fsp3) is 0.545. The number of hydrogen-bond acceptors (Lipinski definition) is 3. The van der Waals surface area contributed by atoms with Crippen LogP contribution in [0.3, 0.4) is 0 Å². The number of β-amino-alcohol motifs (C(OH)–C–C–N with tert-alkyl or cyclic N) is 1. The maximum atomic E-state index is 12.2. The number of carbonyl (C=O) groups excluding carboxylic acids is 1. The second-order valence-corrected chi connectivity index (χ2v) is 7.15.